The summed E-state index contributed by atoms with van der Waals surface area (Å²) >= 11 is 0. The van der Waals surface area contributed by atoms with Crippen LogP contribution in [0.3, 0.4) is 0 Å². The first kappa shape index (κ1) is 12.9. The molecule has 98 valence electrons. The van der Waals surface area contributed by atoms with Crippen molar-refractivity contribution in [3.8, 4) is 5.75 Å². The molecule has 2 unspecified atom stereocenters. The lowest BCUT2D eigenvalue weighted by molar-refractivity contribution is -0.124. The summed E-state index contributed by atoms with van der Waals surface area (Å²) in [7, 11) is 0. The number of amides is 1. The van der Waals surface area contributed by atoms with Gasteiger partial charge in [-0.15, -0.1) is 0 Å². The molecule has 0 saturated carbocycles. The number of phenolic OH excluding ortho intramolecular Hbond substituents is 1. The highest BCUT2D eigenvalue weighted by Crippen LogP contribution is 2.26. The van der Waals surface area contributed by atoms with Gasteiger partial charge in [-0.2, -0.15) is 0 Å². The summed E-state index contributed by atoms with van der Waals surface area (Å²) in [4.78, 5) is 11.7. The maximum atomic E-state index is 11.7. The van der Waals surface area contributed by atoms with Crippen molar-refractivity contribution in [2.45, 2.75) is 38.3 Å². The highest BCUT2D eigenvalue weighted by molar-refractivity contribution is 5.82. The average Bonchev–Trinajstić information content (AvgIpc) is 2.39. The molecule has 1 heterocycles. The van der Waals surface area contributed by atoms with Crippen molar-refractivity contribution in [2.24, 2.45) is 0 Å². The summed E-state index contributed by atoms with van der Waals surface area (Å²) in [5.74, 6) is 0.350. The van der Waals surface area contributed by atoms with E-state index in [1.54, 1.807) is 12.1 Å². The van der Waals surface area contributed by atoms with Gasteiger partial charge in [0.1, 0.15) is 5.75 Å². The zero-order valence-corrected chi connectivity index (χ0v) is 10.6. The Labute approximate surface area is 107 Å². The molecule has 0 spiro atoms. The number of aromatic hydroxyl groups is 1. The minimum Gasteiger partial charge on any atom is -0.508 e. The van der Waals surface area contributed by atoms with Crippen LogP contribution in [0.25, 0.3) is 0 Å². The molecule has 1 fully saturated rings. The Kier molecular flexibility index (Phi) is 4.20. The molecule has 0 radical (unpaired) electrons. The van der Waals surface area contributed by atoms with Gasteiger partial charge in [0.05, 0.1) is 6.04 Å². The third kappa shape index (κ3) is 2.82. The van der Waals surface area contributed by atoms with Gasteiger partial charge in [-0.3, -0.25) is 10.1 Å². The van der Waals surface area contributed by atoms with Gasteiger partial charge >= 0.3 is 0 Å². The molecular formula is C14H20N2O2. The third-order valence-corrected chi connectivity index (χ3v) is 3.41. The van der Waals surface area contributed by atoms with Crippen LogP contribution in [0, 0.1) is 0 Å². The number of nitrogens with one attached hydrogen (secondary N) is 2. The number of rotatable bonds is 4. The topological polar surface area (TPSA) is 61.4 Å². The number of piperidine rings is 1. The van der Waals surface area contributed by atoms with Gasteiger partial charge in [-0.1, -0.05) is 25.1 Å². The first-order valence-corrected chi connectivity index (χ1v) is 6.54. The predicted molar refractivity (Wildman–Crippen MR) is 70.3 cm³/mol. The zero-order chi connectivity index (χ0) is 13.0. The molecule has 1 saturated heterocycles. The second-order valence-corrected chi connectivity index (χ2v) is 4.67. The average molecular weight is 248 g/mol. The van der Waals surface area contributed by atoms with Crippen LogP contribution in [0.1, 0.15) is 37.8 Å². The normalized spacial score (nSPS) is 21.4. The minimum atomic E-state index is -0.150. The molecule has 18 heavy (non-hydrogen) atoms. The number of benzene rings is 1. The van der Waals surface area contributed by atoms with Crippen LogP contribution < -0.4 is 10.6 Å². The lowest BCUT2D eigenvalue weighted by Gasteiger charge is -2.28. The summed E-state index contributed by atoms with van der Waals surface area (Å²) in [6, 6.07) is 7.15. The van der Waals surface area contributed by atoms with E-state index in [0.29, 0.717) is 0 Å². The van der Waals surface area contributed by atoms with E-state index in [0.717, 1.165) is 31.4 Å². The van der Waals surface area contributed by atoms with Crippen molar-refractivity contribution in [2.75, 3.05) is 6.54 Å². The molecule has 1 aliphatic rings. The van der Waals surface area contributed by atoms with Crippen LogP contribution in [0.2, 0.25) is 0 Å². The van der Waals surface area contributed by atoms with Crippen molar-refractivity contribution in [1.29, 1.82) is 0 Å². The molecule has 1 aliphatic heterocycles. The first-order valence-electron chi connectivity index (χ1n) is 6.54. The van der Waals surface area contributed by atoms with Crippen molar-refractivity contribution < 1.29 is 9.90 Å². The van der Waals surface area contributed by atoms with Crippen LogP contribution >= 0.6 is 0 Å². The summed E-state index contributed by atoms with van der Waals surface area (Å²) in [5.41, 5.74) is 0.860. The molecular weight excluding hydrogens is 228 g/mol. The minimum absolute atomic E-state index is 0.0139. The second-order valence-electron chi connectivity index (χ2n) is 4.67. The maximum absolute atomic E-state index is 11.7. The summed E-state index contributed by atoms with van der Waals surface area (Å²) in [6.45, 7) is 2.81. The highest BCUT2D eigenvalue weighted by Gasteiger charge is 2.25. The Morgan fingerprint density at radius 1 is 1.50 bits per heavy atom. The fourth-order valence-corrected chi connectivity index (χ4v) is 2.38. The van der Waals surface area contributed by atoms with Gasteiger partial charge in [0, 0.05) is 18.2 Å². The van der Waals surface area contributed by atoms with Gasteiger partial charge in [0.2, 0.25) is 5.91 Å². The molecule has 0 bridgehead atoms. The Bertz CT molecular complexity index is 420. The molecule has 2 rings (SSSR count). The predicted octanol–water partition coefficient (Wildman–Crippen LogP) is 1.71. The SMILES string of the molecule is CCC(NC1CCCNC1=O)c1ccccc1O. The number of para-hydroxylation sites is 1. The molecule has 3 N–H and O–H groups in total. The Morgan fingerprint density at radius 2 is 2.28 bits per heavy atom. The van der Waals surface area contributed by atoms with E-state index in [-0.39, 0.29) is 23.7 Å². The van der Waals surface area contributed by atoms with Gasteiger partial charge in [0.25, 0.3) is 0 Å². The monoisotopic (exact) mass is 248 g/mol. The summed E-state index contributed by atoms with van der Waals surface area (Å²) in [6.07, 6.45) is 2.69. The summed E-state index contributed by atoms with van der Waals surface area (Å²) < 4.78 is 0. The molecule has 4 nitrogen and oxygen atoms in total. The van der Waals surface area contributed by atoms with E-state index in [1.165, 1.54) is 0 Å². The molecule has 0 aliphatic carbocycles. The van der Waals surface area contributed by atoms with Crippen molar-refractivity contribution in [3.63, 3.8) is 0 Å². The smallest absolute Gasteiger partial charge is 0.237 e. The quantitative estimate of drug-likeness (QED) is 0.760. The van der Waals surface area contributed by atoms with Gasteiger partial charge in [-0.05, 0) is 25.3 Å². The lowest BCUT2D eigenvalue weighted by atomic mass is 9.99. The van der Waals surface area contributed by atoms with E-state index in [2.05, 4.69) is 10.6 Å². The van der Waals surface area contributed by atoms with Crippen LogP contribution in [0.5, 0.6) is 5.75 Å². The molecule has 2 atom stereocenters. The zero-order valence-electron chi connectivity index (χ0n) is 10.6. The van der Waals surface area contributed by atoms with Gasteiger partial charge < -0.3 is 10.4 Å². The van der Waals surface area contributed by atoms with E-state index in [4.69, 9.17) is 0 Å². The highest BCUT2D eigenvalue weighted by atomic mass is 16.3. The molecule has 1 aromatic rings. The van der Waals surface area contributed by atoms with Crippen LogP contribution in [-0.2, 0) is 4.79 Å². The molecule has 4 heteroatoms. The fourth-order valence-electron chi connectivity index (χ4n) is 2.38. The fraction of sp³-hybridized carbons (Fsp3) is 0.500. The Balaban J connectivity index is 2.09. The van der Waals surface area contributed by atoms with Crippen molar-refractivity contribution in [3.05, 3.63) is 29.8 Å². The Morgan fingerprint density at radius 3 is 2.94 bits per heavy atom. The van der Waals surface area contributed by atoms with Crippen molar-refractivity contribution >= 4 is 5.91 Å². The molecule has 0 aromatic heterocycles. The van der Waals surface area contributed by atoms with Crippen LogP contribution in [0.4, 0.5) is 0 Å². The second kappa shape index (κ2) is 5.87. The van der Waals surface area contributed by atoms with E-state index in [1.807, 2.05) is 19.1 Å². The maximum Gasteiger partial charge on any atom is 0.237 e. The summed E-state index contributed by atoms with van der Waals surface area (Å²) in [5, 5.41) is 16.1. The van der Waals surface area contributed by atoms with Gasteiger partial charge in [-0.25, -0.2) is 0 Å². The lowest BCUT2D eigenvalue weighted by Crippen LogP contribution is -2.49. The number of phenols is 1. The molecule has 1 aromatic carbocycles. The Hall–Kier alpha value is -1.55. The first-order chi connectivity index (χ1) is 8.72. The number of carbonyl (C=O) groups is 1. The number of carbonyl (C=O) groups excluding carboxylic acids is 1. The van der Waals surface area contributed by atoms with E-state index < -0.39 is 0 Å². The third-order valence-electron chi connectivity index (χ3n) is 3.41. The number of hydrogen-bond donors (Lipinski definition) is 3. The van der Waals surface area contributed by atoms with Gasteiger partial charge in [0.15, 0.2) is 0 Å². The molecule has 1 amide bonds. The largest absolute Gasteiger partial charge is 0.508 e. The number of hydrogen-bond acceptors (Lipinski definition) is 3. The van der Waals surface area contributed by atoms with Crippen LogP contribution in [-0.4, -0.2) is 23.6 Å². The standard InChI is InChI=1S/C14H20N2O2/c1-2-11(10-6-3-4-8-13(10)17)16-12-7-5-9-15-14(12)18/h3-4,6,8,11-12,16-17H,2,5,7,9H2,1H3,(H,15,18). The van der Waals surface area contributed by atoms with Crippen LogP contribution in [0.15, 0.2) is 24.3 Å². The van der Waals surface area contributed by atoms with Crippen molar-refractivity contribution in [1.82, 2.24) is 10.6 Å². The van der Waals surface area contributed by atoms with E-state index in [9.17, 15) is 9.90 Å². The van der Waals surface area contributed by atoms with E-state index >= 15 is 0 Å².